The first-order valence-corrected chi connectivity index (χ1v) is 12.2. The van der Waals surface area contributed by atoms with Crippen LogP contribution in [0.3, 0.4) is 0 Å². The van der Waals surface area contributed by atoms with Crippen LogP contribution >= 0.6 is 11.6 Å². The molecule has 34 heavy (non-hydrogen) atoms. The predicted molar refractivity (Wildman–Crippen MR) is 137 cm³/mol. The van der Waals surface area contributed by atoms with Crippen LogP contribution in [0.5, 0.6) is 5.75 Å². The molecular weight excluding hydrogens is 450 g/mol. The van der Waals surface area contributed by atoms with Crippen molar-refractivity contribution in [2.45, 2.75) is 71.5 Å². The summed E-state index contributed by atoms with van der Waals surface area (Å²) in [6.45, 7) is 6.53. The number of carbonyl (C=O) groups is 2. The summed E-state index contributed by atoms with van der Waals surface area (Å²) >= 11 is 6.55. The highest BCUT2D eigenvalue weighted by Gasteiger charge is 2.33. The van der Waals surface area contributed by atoms with E-state index in [2.05, 4.69) is 26.1 Å². The number of amides is 2. The van der Waals surface area contributed by atoms with Crippen LogP contribution in [0.15, 0.2) is 42.5 Å². The van der Waals surface area contributed by atoms with E-state index in [0.717, 1.165) is 31.2 Å². The summed E-state index contributed by atoms with van der Waals surface area (Å²) < 4.78 is 5.30. The minimum absolute atomic E-state index is 0.0218. The average Bonchev–Trinajstić information content (AvgIpc) is 2.78. The number of carbonyl (C=O) groups excluding carboxylic acids is 2. The molecule has 1 fully saturated rings. The third-order valence-corrected chi connectivity index (χ3v) is 6.55. The summed E-state index contributed by atoms with van der Waals surface area (Å²) in [5, 5.41) is 3.47. The molecule has 0 heterocycles. The lowest BCUT2D eigenvalue weighted by atomic mass is 9.87. The number of hydrogen-bond acceptors (Lipinski definition) is 4. The predicted octanol–water partition coefficient (Wildman–Crippen LogP) is 5.64. The average molecular weight is 486 g/mol. The number of para-hydroxylation sites is 1. The van der Waals surface area contributed by atoms with Crippen molar-refractivity contribution in [2.24, 2.45) is 11.1 Å². The summed E-state index contributed by atoms with van der Waals surface area (Å²) in [6, 6.07) is 12.3. The molecule has 7 heteroatoms. The van der Waals surface area contributed by atoms with Crippen LogP contribution in [0, 0.1) is 5.41 Å². The van der Waals surface area contributed by atoms with E-state index < -0.39 is 0 Å². The number of nitrogens with zero attached hydrogens (tertiary/aromatic N) is 1. The van der Waals surface area contributed by atoms with Gasteiger partial charge in [-0.15, -0.1) is 0 Å². The van der Waals surface area contributed by atoms with Crippen LogP contribution in [0.1, 0.15) is 68.8 Å². The Kier molecular flexibility index (Phi) is 8.61. The molecule has 2 aromatic rings. The fourth-order valence-corrected chi connectivity index (χ4v) is 4.64. The molecule has 0 aliphatic heterocycles. The number of methoxy groups -OCH3 is 1. The van der Waals surface area contributed by atoms with Crippen molar-refractivity contribution in [1.29, 1.82) is 0 Å². The summed E-state index contributed by atoms with van der Waals surface area (Å²) in [4.78, 5) is 28.1. The number of rotatable bonds is 7. The second-order valence-corrected chi connectivity index (χ2v) is 10.6. The van der Waals surface area contributed by atoms with Gasteiger partial charge in [-0.3, -0.25) is 9.59 Å². The normalized spacial score (nSPS) is 18.3. The molecule has 2 aromatic carbocycles. The van der Waals surface area contributed by atoms with Gasteiger partial charge >= 0.3 is 0 Å². The summed E-state index contributed by atoms with van der Waals surface area (Å²) in [6.07, 6.45) is 4.37. The zero-order valence-corrected chi connectivity index (χ0v) is 21.3. The molecule has 2 atom stereocenters. The maximum atomic E-state index is 13.4. The third kappa shape index (κ3) is 6.73. The Hall–Kier alpha value is -2.57. The number of nitrogens with one attached hydrogen (secondary N) is 1. The maximum Gasteiger partial charge on any atom is 0.259 e. The van der Waals surface area contributed by atoms with E-state index >= 15 is 0 Å². The fourth-order valence-electron chi connectivity index (χ4n) is 4.46. The van der Waals surface area contributed by atoms with Crippen molar-refractivity contribution in [2.75, 3.05) is 12.4 Å². The number of nitrogens with two attached hydrogens (primary N) is 1. The Morgan fingerprint density at radius 3 is 2.53 bits per heavy atom. The van der Waals surface area contributed by atoms with E-state index in [0.29, 0.717) is 35.0 Å². The van der Waals surface area contributed by atoms with Gasteiger partial charge in [0.05, 0.1) is 12.7 Å². The molecule has 0 saturated heterocycles. The SMILES string of the molecule is COc1ccccc1C(=O)Nc1ccc(Cl)c(CN(C(=O)CC(C)(C)C)C2CCCCC2N)c1. The molecule has 3 rings (SSSR count). The van der Waals surface area contributed by atoms with Gasteiger partial charge in [0.15, 0.2) is 0 Å². The van der Waals surface area contributed by atoms with Gasteiger partial charge in [0.1, 0.15) is 5.75 Å². The van der Waals surface area contributed by atoms with Crippen molar-refractivity contribution in [3.05, 3.63) is 58.6 Å². The van der Waals surface area contributed by atoms with Crippen molar-refractivity contribution in [3.8, 4) is 5.75 Å². The zero-order chi connectivity index (χ0) is 24.9. The molecule has 0 aromatic heterocycles. The van der Waals surface area contributed by atoms with Crippen LogP contribution in [0.2, 0.25) is 5.02 Å². The Morgan fingerprint density at radius 2 is 1.85 bits per heavy atom. The minimum Gasteiger partial charge on any atom is -0.496 e. The molecule has 0 spiro atoms. The van der Waals surface area contributed by atoms with Gasteiger partial charge < -0.3 is 20.7 Å². The Bertz CT molecular complexity index is 1020. The minimum atomic E-state index is -0.277. The van der Waals surface area contributed by atoms with Crippen molar-refractivity contribution in [1.82, 2.24) is 4.90 Å². The lowest BCUT2D eigenvalue weighted by Gasteiger charge is -2.39. The van der Waals surface area contributed by atoms with Gasteiger partial charge in [0.2, 0.25) is 5.91 Å². The highest BCUT2D eigenvalue weighted by atomic mass is 35.5. The zero-order valence-electron chi connectivity index (χ0n) is 20.6. The molecular formula is C27H36ClN3O3. The molecule has 184 valence electrons. The van der Waals surface area contributed by atoms with E-state index in [4.69, 9.17) is 22.1 Å². The van der Waals surface area contributed by atoms with Crippen molar-refractivity contribution in [3.63, 3.8) is 0 Å². The standard InChI is InChI=1S/C27H36ClN3O3/c1-27(2,3)16-25(32)31(23-11-7-6-10-22(23)29)17-18-15-19(13-14-21(18)28)30-26(33)20-9-5-8-12-24(20)34-4/h5,8-9,12-15,22-23H,6-7,10-11,16-17,29H2,1-4H3,(H,30,33). The van der Waals surface area contributed by atoms with Crippen molar-refractivity contribution >= 4 is 29.1 Å². The van der Waals surface area contributed by atoms with Crippen molar-refractivity contribution < 1.29 is 14.3 Å². The lowest BCUT2D eigenvalue weighted by molar-refractivity contribution is -0.137. The highest BCUT2D eigenvalue weighted by molar-refractivity contribution is 6.31. The molecule has 2 amide bonds. The number of halogens is 1. The Balaban J connectivity index is 1.85. The van der Waals surface area contributed by atoms with Crippen LogP contribution in [0.25, 0.3) is 0 Å². The van der Waals surface area contributed by atoms with Gasteiger partial charge in [0.25, 0.3) is 5.91 Å². The fraction of sp³-hybridized carbons (Fsp3) is 0.481. The largest absolute Gasteiger partial charge is 0.496 e. The van der Waals surface area contributed by atoms with Crippen LogP contribution in [0.4, 0.5) is 5.69 Å². The van der Waals surface area contributed by atoms with Crippen LogP contribution < -0.4 is 15.8 Å². The molecule has 1 aliphatic carbocycles. The molecule has 2 unspecified atom stereocenters. The maximum absolute atomic E-state index is 13.4. The molecule has 0 bridgehead atoms. The van der Waals surface area contributed by atoms with Gasteiger partial charge in [-0.1, -0.05) is 57.3 Å². The van der Waals surface area contributed by atoms with Gasteiger partial charge in [-0.25, -0.2) is 0 Å². The highest BCUT2D eigenvalue weighted by Crippen LogP contribution is 2.30. The van der Waals surface area contributed by atoms with E-state index in [-0.39, 0.29) is 29.3 Å². The Morgan fingerprint density at radius 1 is 1.15 bits per heavy atom. The number of ether oxygens (including phenoxy) is 1. The van der Waals surface area contributed by atoms with E-state index in [1.165, 1.54) is 7.11 Å². The molecule has 6 nitrogen and oxygen atoms in total. The Labute approximate surface area is 207 Å². The second kappa shape index (κ2) is 11.2. The van der Waals surface area contributed by atoms with E-state index in [9.17, 15) is 9.59 Å². The van der Waals surface area contributed by atoms with E-state index in [1.807, 2.05) is 17.0 Å². The van der Waals surface area contributed by atoms with Crippen LogP contribution in [-0.4, -0.2) is 35.9 Å². The van der Waals surface area contributed by atoms with Gasteiger partial charge in [-0.05, 0) is 54.2 Å². The van der Waals surface area contributed by atoms with Gasteiger partial charge in [0, 0.05) is 35.8 Å². The molecule has 3 N–H and O–H groups in total. The number of benzene rings is 2. The lowest BCUT2D eigenvalue weighted by Crippen LogP contribution is -2.52. The second-order valence-electron chi connectivity index (χ2n) is 10.2. The summed E-state index contributed by atoms with van der Waals surface area (Å²) in [7, 11) is 1.53. The van der Waals surface area contributed by atoms with Crippen LogP contribution in [-0.2, 0) is 11.3 Å². The van der Waals surface area contributed by atoms with E-state index in [1.54, 1.807) is 30.3 Å². The number of hydrogen-bond donors (Lipinski definition) is 2. The number of anilines is 1. The smallest absolute Gasteiger partial charge is 0.259 e. The monoisotopic (exact) mass is 485 g/mol. The topological polar surface area (TPSA) is 84.7 Å². The first-order valence-electron chi connectivity index (χ1n) is 11.9. The molecule has 1 aliphatic rings. The summed E-state index contributed by atoms with van der Waals surface area (Å²) in [5.74, 6) is 0.300. The quantitative estimate of drug-likeness (QED) is 0.531. The van der Waals surface area contributed by atoms with Gasteiger partial charge in [-0.2, -0.15) is 0 Å². The third-order valence-electron chi connectivity index (χ3n) is 6.18. The first-order chi connectivity index (χ1) is 16.1. The first kappa shape index (κ1) is 26.0. The summed E-state index contributed by atoms with van der Waals surface area (Å²) in [5.41, 5.74) is 8.15. The molecule has 1 saturated carbocycles. The molecule has 0 radical (unpaired) electrons.